The van der Waals surface area contributed by atoms with Gasteiger partial charge in [-0.1, -0.05) is 37.0 Å². The van der Waals surface area contributed by atoms with E-state index < -0.39 is 24.3 Å². The number of nitrogens with zero attached hydrogens (tertiary/aromatic N) is 2. The van der Waals surface area contributed by atoms with Gasteiger partial charge in [-0.05, 0) is 36.1 Å². The van der Waals surface area contributed by atoms with Gasteiger partial charge in [0.2, 0.25) is 0 Å². The molecule has 0 fully saturated rings. The van der Waals surface area contributed by atoms with E-state index in [0.717, 1.165) is 5.56 Å². The van der Waals surface area contributed by atoms with Gasteiger partial charge in [0.05, 0.1) is 18.9 Å². The zero-order chi connectivity index (χ0) is 20.8. The average Bonchev–Trinajstić information content (AvgIpc) is 3.03. The molecule has 2 atom stereocenters. The summed E-state index contributed by atoms with van der Waals surface area (Å²) in [4.78, 5) is 15.6. The Labute approximate surface area is 173 Å². The summed E-state index contributed by atoms with van der Waals surface area (Å²) in [5.41, 5.74) is 1.50. The van der Waals surface area contributed by atoms with Crippen LogP contribution in [0.3, 0.4) is 0 Å². The van der Waals surface area contributed by atoms with E-state index in [0.29, 0.717) is 28.7 Å². The molecule has 1 heterocycles. The summed E-state index contributed by atoms with van der Waals surface area (Å²) in [6.45, 7) is 4.22. The molecule has 0 amide bonds. The molecule has 1 unspecified atom stereocenters. The topological polar surface area (TPSA) is 108 Å². The van der Waals surface area contributed by atoms with Gasteiger partial charge in [0.25, 0.3) is 0 Å². The third kappa shape index (κ3) is 6.46. The molecule has 0 aliphatic heterocycles. The first kappa shape index (κ1) is 22.6. The molecule has 1 aromatic carbocycles. The van der Waals surface area contributed by atoms with Gasteiger partial charge in [0.1, 0.15) is 6.04 Å². The van der Waals surface area contributed by atoms with E-state index in [1.165, 1.54) is 0 Å². The van der Waals surface area contributed by atoms with Crippen molar-refractivity contribution in [2.45, 2.75) is 51.6 Å². The molecule has 0 aliphatic carbocycles. The highest BCUT2D eigenvalue weighted by Crippen LogP contribution is 2.22. The minimum Gasteiger partial charge on any atom is -0.480 e. The maximum absolute atomic E-state index is 11.5. The number of halogens is 2. The lowest BCUT2D eigenvalue weighted by Crippen LogP contribution is -2.50. The molecule has 28 heavy (non-hydrogen) atoms. The summed E-state index contributed by atoms with van der Waals surface area (Å²) in [5, 5.41) is 32.9. The number of imidazole rings is 1. The Morgan fingerprint density at radius 2 is 2.00 bits per heavy atom. The number of aliphatic carboxylic acids is 1. The molecule has 0 spiro atoms. The number of hydrogen-bond acceptors (Lipinski definition) is 5. The van der Waals surface area contributed by atoms with Gasteiger partial charge in [-0.2, -0.15) is 0 Å². The van der Waals surface area contributed by atoms with Crippen LogP contribution in [-0.2, 0) is 17.8 Å². The number of hydrogen-bond donors (Lipinski definition) is 4. The largest absolute Gasteiger partial charge is 0.480 e. The van der Waals surface area contributed by atoms with Crippen molar-refractivity contribution in [2.75, 3.05) is 0 Å². The van der Waals surface area contributed by atoms with Crippen molar-refractivity contribution in [2.24, 2.45) is 5.92 Å². The normalized spacial score (nSPS) is 13.9. The monoisotopic (exact) mass is 429 g/mol. The zero-order valence-corrected chi connectivity index (χ0v) is 17.2. The fraction of sp³-hybridized carbons (Fsp3) is 0.474. The Bertz CT molecular complexity index is 795. The SMILES string of the molecule is CC(C)CC(N[C@@H](Cc1cncn1Cc1cc(Cl)ccc1Cl)C(O)O)C(=O)O. The smallest absolute Gasteiger partial charge is 0.320 e. The Morgan fingerprint density at radius 3 is 2.61 bits per heavy atom. The van der Waals surface area contributed by atoms with E-state index >= 15 is 0 Å². The number of aliphatic hydroxyl groups excluding tert-OH is 1. The number of aromatic nitrogens is 2. The molecule has 0 aliphatic rings. The number of rotatable bonds is 10. The molecule has 1 aromatic heterocycles. The second kappa shape index (κ2) is 10.2. The number of carbonyl (C=O) groups is 1. The summed E-state index contributed by atoms with van der Waals surface area (Å²) >= 11 is 12.3. The second-order valence-electron chi connectivity index (χ2n) is 7.16. The first-order valence-corrected chi connectivity index (χ1v) is 9.71. The molecule has 154 valence electrons. The predicted octanol–water partition coefficient (Wildman–Crippen LogP) is 2.55. The van der Waals surface area contributed by atoms with Gasteiger partial charge in [-0.25, -0.2) is 4.98 Å². The van der Waals surface area contributed by atoms with Gasteiger partial charge in [0.15, 0.2) is 6.29 Å². The number of aliphatic hydroxyl groups is 2. The first-order chi connectivity index (χ1) is 13.2. The quantitative estimate of drug-likeness (QED) is 0.432. The van der Waals surface area contributed by atoms with E-state index in [1.807, 2.05) is 18.4 Å². The summed E-state index contributed by atoms with van der Waals surface area (Å²) in [7, 11) is 0. The highest BCUT2D eigenvalue weighted by atomic mass is 35.5. The summed E-state index contributed by atoms with van der Waals surface area (Å²) in [6, 6.07) is 3.41. The van der Waals surface area contributed by atoms with Crippen LogP contribution in [0.2, 0.25) is 10.0 Å². The highest BCUT2D eigenvalue weighted by molar-refractivity contribution is 6.33. The van der Waals surface area contributed by atoms with Gasteiger partial charge in [-0.3, -0.25) is 10.1 Å². The Morgan fingerprint density at radius 1 is 1.29 bits per heavy atom. The van der Waals surface area contributed by atoms with Crippen LogP contribution in [0.1, 0.15) is 31.5 Å². The second-order valence-corrected chi connectivity index (χ2v) is 8.00. The van der Waals surface area contributed by atoms with Gasteiger partial charge < -0.3 is 19.9 Å². The average molecular weight is 430 g/mol. The van der Waals surface area contributed by atoms with Crippen LogP contribution in [0.15, 0.2) is 30.7 Å². The van der Waals surface area contributed by atoms with Crippen molar-refractivity contribution in [3.8, 4) is 0 Å². The van der Waals surface area contributed by atoms with Crippen LogP contribution in [0.25, 0.3) is 0 Å². The summed E-state index contributed by atoms with van der Waals surface area (Å²) in [5.74, 6) is -0.890. The third-order valence-corrected chi connectivity index (χ3v) is 4.96. The van der Waals surface area contributed by atoms with E-state index in [9.17, 15) is 20.1 Å². The maximum Gasteiger partial charge on any atom is 0.320 e. The van der Waals surface area contributed by atoms with Crippen LogP contribution in [-0.4, -0.2) is 49.2 Å². The van der Waals surface area contributed by atoms with Crippen molar-refractivity contribution < 1.29 is 20.1 Å². The molecular formula is C19H25Cl2N3O4. The molecule has 0 saturated carbocycles. The Kier molecular flexibility index (Phi) is 8.27. The van der Waals surface area contributed by atoms with Crippen molar-refractivity contribution in [1.29, 1.82) is 0 Å². The lowest BCUT2D eigenvalue weighted by atomic mass is 10.0. The molecule has 2 rings (SSSR count). The van der Waals surface area contributed by atoms with Gasteiger partial charge in [0, 0.05) is 28.4 Å². The van der Waals surface area contributed by atoms with Crippen LogP contribution in [0.5, 0.6) is 0 Å². The number of nitrogens with one attached hydrogen (secondary N) is 1. The Hall–Kier alpha value is -1.64. The molecule has 0 radical (unpaired) electrons. The van der Waals surface area contributed by atoms with E-state index in [4.69, 9.17) is 23.2 Å². The molecule has 0 bridgehead atoms. The van der Waals surface area contributed by atoms with Crippen molar-refractivity contribution in [3.05, 3.63) is 52.0 Å². The number of benzene rings is 1. The molecular weight excluding hydrogens is 405 g/mol. The Balaban J connectivity index is 2.17. The van der Waals surface area contributed by atoms with Crippen molar-refractivity contribution in [1.82, 2.24) is 14.9 Å². The fourth-order valence-corrected chi connectivity index (χ4v) is 3.33. The molecule has 9 heteroatoms. The van der Waals surface area contributed by atoms with Crippen molar-refractivity contribution in [3.63, 3.8) is 0 Å². The number of carboxylic acid groups (broad SMARTS) is 1. The lowest BCUT2D eigenvalue weighted by Gasteiger charge is -2.26. The fourth-order valence-electron chi connectivity index (χ4n) is 2.95. The first-order valence-electron chi connectivity index (χ1n) is 8.95. The standard InChI is InChI=1S/C19H25Cl2N3O4/c1-11(2)5-16(18(25)26)23-17(19(27)28)7-14-8-22-10-24(14)9-12-6-13(20)3-4-15(12)21/h3-4,6,8,10-11,16-17,19,23,27-28H,5,7,9H2,1-2H3,(H,25,26)/t16?,17-/m0/s1. The molecule has 4 N–H and O–H groups in total. The van der Waals surface area contributed by atoms with Crippen LogP contribution in [0.4, 0.5) is 0 Å². The lowest BCUT2D eigenvalue weighted by molar-refractivity contribution is -0.141. The zero-order valence-electron chi connectivity index (χ0n) is 15.7. The van der Waals surface area contributed by atoms with E-state index in [2.05, 4.69) is 10.3 Å². The number of carboxylic acids is 1. The van der Waals surface area contributed by atoms with Gasteiger partial charge >= 0.3 is 5.97 Å². The van der Waals surface area contributed by atoms with Crippen LogP contribution in [0, 0.1) is 5.92 Å². The summed E-state index contributed by atoms with van der Waals surface area (Å²) in [6.07, 6.45) is 2.03. The molecule has 0 saturated heterocycles. The maximum atomic E-state index is 11.5. The third-order valence-electron chi connectivity index (χ3n) is 4.36. The van der Waals surface area contributed by atoms with Gasteiger partial charge in [-0.15, -0.1) is 0 Å². The minimum atomic E-state index is -1.73. The van der Waals surface area contributed by atoms with Crippen LogP contribution < -0.4 is 5.32 Å². The van der Waals surface area contributed by atoms with E-state index in [1.54, 1.807) is 30.7 Å². The highest BCUT2D eigenvalue weighted by Gasteiger charge is 2.27. The summed E-state index contributed by atoms with van der Waals surface area (Å²) < 4.78 is 1.81. The minimum absolute atomic E-state index is 0.139. The van der Waals surface area contributed by atoms with Crippen LogP contribution >= 0.6 is 23.2 Å². The van der Waals surface area contributed by atoms with Crippen molar-refractivity contribution >= 4 is 29.2 Å². The van der Waals surface area contributed by atoms with E-state index in [-0.39, 0.29) is 12.3 Å². The molecule has 2 aromatic rings. The predicted molar refractivity (Wildman–Crippen MR) is 108 cm³/mol. The molecule has 7 nitrogen and oxygen atoms in total.